The summed E-state index contributed by atoms with van der Waals surface area (Å²) in [5.41, 5.74) is 0.476. The molecule has 0 atom stereocenters. The van der Waals surface area contributed by atoms with Crippen LogP contribution in [0.15, 0.2) is 17.9 Å². The summed E-state index contributed by atoms with van der Waals surface area (Å²) in [5, 5.41) is 0. The van der Waals surface area contributed by atoms with Crippen LogP contribution in [0.3, 0.4) is 0 Å². The molecule has 0 saturated heterocycles. The molecule has 186 valence electrons. The van der Waals surface area contributed by atoms with Gasteiger partial charge in [0.25, 0.3) is 0 Å². The lowest BCUT2D eigenvalue weighted by Gasteiger charge is -2.44. The number of fused-ring (bicyclic) bond motifs is 1. The van der Waals surface area contributed by atoms with Gasteiger partial charge in [0.1, 0.15) is 9.70 Å². The molecule has 1 heterocycles. The Balaban J connectivity index is 0.000000237. The Hall–Kier alpha value is 3.16. The van der Waals surface area contributed by atoms with Crippen molar-refractivity contribution in [2.45, 2.75) is 67.5 Å². The SMILES string of the molecule is BrC1(Br)CCCCCCCCCC(Br)(Br)C1(Br)Br.O=C1OC(=O)c2c(Br)c(Br)c(Br)c(Br)c21. The van der Waals surface area contributed by atoms with Gasteiger partial charge in [0.2, 0.25) is 0 Å². The van der Waals surface area contributed by atoms with Crippen LogP contribution < -0.4 is 0 Å². The third kappa shape index (κ3) is 7.63. The molecule has 1 saturated carbocycles. The van der Waals surface area contributed by atoms with Crippen LogP contribution in [0.25, 0.3) is 0 Å². The monoisotopic (exact) mass is 1100 g/mol. The molecule has 1 aliphatic carbocycles. The van der Waals surface area contributed by atoms with Crippen molar-refractivity contribution in [2.24, 2.45) is 0 Å². The van der Waals surface area contributed by atoms with Crippen LogP contribution in [0, 0.1) is 0 Å². The summed E-state index contributed by atoms with van der Waals surface area (Å²) in [6, 6.07) is 0. The Morgan fingerprint density at radius 2 is 0.818 bits per heavy atom. The molecule has 13 heteroatoms. The van der Waals surface area contributed by atoms with E-state index in [-0.39, 0.29) is 20.8 Å². The number of benzene rings is 1. The highest BCUT2D eigenvalue weighted by Gasteiger charge is 2.56. The third-order valence-corrected chi connectivity index (χ3v) is 21.0. The molecule has 0 amide bonds. The molecule has 0 unspecified atom stereocenters. The molecule has 1 aromatic carbocycles. The summed E-state index contributed by atoms with van der Waals surface area (Å²) >= 11 is 36.1. The molecule has 1 fully saturated rings. The topological polar surface area (TPSA) is 43.4 Å². The van der Waals surface area contributed by atoms with Gasteiger partial charge in [0, 0.05) is 17.9 Å². The van der Waals surface area contributed by atoms with Crippen molar-refractivity contribution in [1.29, 1.82) is 0 Å². The van der Waals surface area contributed by atoms with E-state index in [1.54, 1.807) is 0 Å². The zero-order valence-corrected chi connectivity index (χ0v) is 32.7. The lowest BCUT2D eigenvalue weighted by atomic mass is 10.0. The molecule has 3 nitrogen and oxygen atoms in total. The lowest BCUT2D eigenvalue weighted by Crippen LogP contribution is -2.47. The number of esters is 2. The molecule has 3 rings (SSSR count). The van der Waals surface area contributed by atoms with Gasteiger partial charge in [-0.25, -0.2) is 9.59 Å². The number of cyclic esters (lactones) is 2. The van der Waals surface area contributed by atoms with Crippen molar-refractivity contribution < 1.29 is 14.3 Å². The van der Waals surface area contributed by atoms with Gasteiger partial charge in [-0.15, -0.1) is 0 Å². The first kappa shape index (κ1) is 32.4. The summed E-state index contributed by atoms with van der Waals surface area (Å²) in [6.07, 6.45) is 11.3. The summed E-state index contributed by atoms with van der Waals surface area (Å²) < 4.78 is 6.18. The number of carbonyl (C=O) groups is 2. The van der Waals surface area contributed by atoms with Crippen LogP contribution in [0.4, 0.5) is 0 Å². The fraction of sp³-hybridized carbons (Fsp3) is 0.600. The van der Waals surface area contributed by atoms with Crippen molar-refractivity contribution in [3.05, 3.63) is 29.0 Å². The summed E-state index contributed by atoms with van der Waals surface area (Å²) in [4.78, 5) is 22.8. The van der Waals surface area contributed by atoms with Gasteiger partial charge >= 0.3 is 11.9 Å². The van der Waals surface area contributed by atoms with Gasteiger partial charge in [-0.05, 0) is 76.6 Å². The van der Waals surface area contributed by atoms with Gasteiger partial charge in [-0.2, -0.15) is 0 Å². The summed E-state index contributed by atoms with van der Waals surface area (Å²) in [7, 11) is 0. The molecule has 2 aliphatic rings. The minimum atomic E-state index is -0.643. The van der Waals surface area contributed by atoms with E-state index in [1.807, 2.05) is 0 Å². The zero-order chi connectivity index (χ0) is 25.2. The average Bonchev–Trinajstić information content (AvgIpc) is 3.02. The Labute approximate surface area is 278 Å². The number of alkyl halides is 6. The normalized spacial score (nSPS) is 22.2. The fourth-order valence-corrected chi connectivity index (χ4v) is 10.1. The number of ether oxygens (including phenoxy) is 1. The second kappa shape index (κ2) is 13.5. The minimum absolute atomic E-state index is 0.181. The van der Waals surface area contributed by atoms with Crippen molar-refractivity contribution >= 4 is 171 Å². The van der Waals surface area contributed by atoms with Crippen LogP contribution in [0.2, 0.25) is 0 Å². The van der Waals surface area contributed by atoms with E-state index < -0.39 is 11.9 Å². The number of carbonyl (C=O) groups excluding carboxylic acids is 2. The quantitative estimate of drug-likeness (QED) is 0.0855. The maximum absolute atomic E-state index is 11.4. The molecule has 0 radical (unpaired) electrons. The van der Waals surface area contributed by atoms with E-state index in [9.17, 15) is 9.59 Å². The molecule has 0 bridgehead atoms. The number of hydrogen-bond acceptors (Lipinski definition) is 3. The Morgan fingerprint density at radius 1 is 0.515 bits per heavy atom. The highest BCUT2D eigenvalue weighted by molar-refractivity contribution is 9.33. The van der Waals surface area contributed by atoms with E-state index in [1.165, 1.54) is 44.9 Å². The lowest BCUT2D eigenvalue weighted by molar-refractivity contribution is 0.0443. The summed E-state index contributed by atoms with van der Waals surface area (Å²) in [5.74, 6) is -1.29. The largest absolute Gasteiger partial charge is 0.386 e. The van der Waals surface area contributed by atoms with Crippen molar-refractivity contribution in [2.75, 3.05) is 0 Å². The molecule has 0 N–H and O–H groups in total. The zero-order valence-electron chi connectivity index (χ0n) is 16.9. The first-order valence-electron chi connectivity index (χ1n) is 9.91. The maximum atomic E-state index is 11.4. The smallest absolute Gasteiger partial charge is 0.348 e. The molecule has 33 heavy (non-hydrogen) atoms. The number of hydrogen-bond donors (Lipinski definition) is 0. The van der Waals surface area contributed by atoms with Crippen molar-refractivity contribution in [3.63, 3.8) is 0 Å². The molecular weight excluding hydrogens is 1090 g/mol. The van der Waals surface area contributed by atoms with Crippen LogP contribution in [-0.2, 0) is 4.74 Å². The van der Waals surface area contributed by atoms with Crippen molar-refractivity contribution in [1.82, 2.24) is 0 Å². The van der Waals surface area contributed by atoms with Crippen LogP contribution in [0.5, 0.6) is 0 Å². The van der Waals surface area contributed by atoms with Gasteiger partial charge in [0.05, 0.1) is 11.1 Å². The standard InChI is InChI=1S/C12H18Br6.C8Br4O3/c13-10(14)8-6-4-2-1-3-5-7-9-11(15,16)12(10,17)18;9-3-1-2(8(14)15-7(1)13)4(10)6(12)5(3)11/h1-9H2;. The van der Waals surface area contributed by atoms with Gasteiger partial charge in [0.15, 0.2) is 0 Å². The molecule has 1 aliphatic heterocycles. The van der Waals surface area contributed by atoms with Crippen molar-refractivity contribution in [3.8, 4) is 0 Å². The van der Waals surface area contributed by atoms with Crippen LogP contribution in [0.1, 0.15) is 78.5 Å². The Kier molecular flexibility index (Phi) is 13.2. The highest BCUT2D eigenvalue weighted by atomic mass is 79.9. The van der Waals surface area contributed by atoms with Crippen LogP contribution >= 0.6 is 159 Å². The third-order valence-electron chi connectivity index (χ3n) is 5.26. The predicted molar refractivity (Wildman–Crippen MR) is 170 cm³/mol. The first-order valence-corrected chi connectivity index (χ1v) is 17.8. The van der Waals surface area contributed by atoms with E-state index in [0.29, 0.717) is 17.9 Å². The van der Waals surface area contributed by atoms with E-state index in [4.69, 9.17) is 0 Å². The first-order chi connectivity index (χ1) is 15.2. The average molecular weight is 1110 g/mol. The van der Waals surface area contributed by atoms with E-state index >= 15 is 0 Å². The molecular formula is C20H18Br10O3. The van der Waals surface area contributed by atoms with Gasteiger partial charge in [-0.1, -0.05) is 141 Å². The van der Waals surface area contributed by atoms with Gasteiger partial charge < -0.3 is 4.74 Å². The van der Waals surface area contributed by atoms with Crippen LogP contribution in [-0.4, -0.2) is 21.6 Å². The number of rotatable bonds is 0. The number of halogens is 10. The second-order valence-electron chi connectivity index (χ2n) is 7.64. The fourth-order valence-electron chi connectivity index (χ4n) is 3.36. The predicted octanol–water partition coefficient (Wildman–Crippen LogP) is 12.0. The molecule has 0 spiro atoms. The molecule has 0 aromatic heterocycles. The highest BCUT2D eigenvalue weighted by Crippen LogP contribution is 2.63. The Bertz CT molecular complexity index is 845. The molecule has 1 aromatic rings. The van der Waals surface area contributed by atoms with E-state index in [0.717, 1.165) is 12.8 Å². The maximum Gasteiger partial charge on any atom is 0.348 e. The minimum Gasteiger partial charge on any atom is -0.386 e. The van der Waals surface area contributed by atoms with E-state index in [2.05, 4.69) is 164 Å². The Morgan fingerprint density at radius 3 is 1.15 bits per heavy atom. The van der Waals surface area contributed by atoms with Gasteiger partial charge in [-0.3, -0.25) is 0 Å². The summed E-state index contributed by atoms with van der Waals surface area (Å²) in [6.45, 7) is 0. The second-order valence-corrected chi connectivity index (χ2v) is 21.8.